The van der Waals surface area contributed by atoms with Gasteiger partial charge >= 0.3 is 11.9 Å². The summed E-state index contributed by atoms with van der Waals surface area (Å²) < 4.78 is 0. The first-order valence-corrected chi connectivity index (χ1v) is 6.23. The van der Waals surface area contributed by atoms with Crippen molar-refractivity contribution >= 4 is 11.9 Å². The predicted octanol–water partition coefficient (Wildman–Crippen LogP) is 3.01. The molecule has 17 heavy (non-hydrogen) atoms. The molecule has 0 aliphatic heterocycles. The Kier molecular flexibility index (Phi) is 5.17. The Hall–Kier alpha value is -1.06. The molecule has 1 unspecified atom stereocenters. The quantitative estimate of drug-likeness (QED) is 0.722. The van der Waals surface area contributed by atoms with E-state index in [4.69, 9.17) is 0 Å². The Labute approximate surface area is 103 Å². The fourth-order valence-corrected chi connectivity index (χ4v) is 3.28. The van der Waals surface area contributed by atoms with Crippen LogP contribution in [0.4, 0.5) is 0 Å². The van der Waals surface area contributed by atoms with Crippen LogP contribution in [0.15, 0.2) is 0 Å². The fraction of sp³-hybridized carbons (Fsp3) is 0.846. The van der Waals surface area contributed by atoms with E-state index >= 15 is 0 Å². The molecule has 0 aromatic heterocycles. The van der Waals surface area contributed by atoms with Gasteiger partial charge in [0.2, 0.25) is 0 Å². The van der Waals surface area contributed by atoms with Crippen LogP contribution in [0.25, 0.3) is 0 Å². The minimum Gasteiger partial charge on any atom is -0.481 e. The molecule has 0 aromatic carbocycles. The molecule has 0 fully saturated rings. The largest absolute Gasteiger partial charge is 0.481 e. The monoisotopic (exact) mass is 244 g/mol. The zero-order chi connectivity index (χ0) is 13.9. The van der Waals surface area contributed by atoms with Gasteiger partial charge in [-0.3, -0.25) is 9.59 Å². The van der Waals surface area contributed by atoms with E-state index in [1.165, 1.54) is 0 Å². The lowest BCUT2D eigenvalue weighted by Gasteiger charge is -2.46. The second kappa shape index (κ2) is 5.52. The first kappa shape index (κ1) is 15.9. The van der Waals surface area contributed by atoms with Crippen LogP contribution in [-0.4, -0.2) is 22.2 Å². The lowest BCUT2D eigenvalue weighted by molar-refractivity contribution is -0.181. The van der Waals surface area contributed by atoms with Gasteiger partial charge in [-0.25, -0.2) is 0 Å². The molecule has 0 saturated heterocycles. The van der Waals surface area contributed by atoms with Crippen molar-refractivity contribution in [3.8, 4) is 0 Å². The van der Waals surface area contributed by atoms with Crippen molar-refractivity contribution in [1.82, 2.24) is 0 Å². The second-order valence-electron chi connectivity index (χ2n) is 4.88. The minimum absolute atomic E-state index is 0.221. The highest BCUT2D eigenvalue weighted by atomic mass is 16.4. The van der Waals surface area contributed by atoms with Crippen LogP contribution in [0.2, 0.25) is 0 Å². The predicted molar refractivity (Wildman–Crippen MR) is 65.8 cm³/mol. The van der Waals surface area contributed by atoms with E-state index in [0.29, 0.717) is 19.3 Å². The van der Waals surface area contributed by atoms with E-state index in [1.54, 1.807) is 34.6 Å². The van der Waals surface area contributed by atoms with Crippen molar-refractivity contribution in [3.05, 3.63) is 0 Å². The van der Waals surface area contributed by atoms with E-state index in [1.807, 2.05) is 0 Å². The molecule has 0 aliphatic rings. The normalized spacial score (nSPS) is 15.6. The molecule has 4 heteroatoms. The zero-order valence-corrected chi connectivity index (χ0v) is 11.4. The first-order valence-electron chi connectivity index (χ1n) is 6.23. The minimum atomic E-state index is -1.21. The van der Waals surface area contributed by atoms with E-state index in [2.05, 4.69) is 0 Å². The molecule has 0 radical (unpaired) electrons. The Morgan fingerprint density at radius 2 is 1.35 bits per heavy atom. The van der Waals surface area contributed by atoms with Crippen molar-refractivity contribution in [3.63, 3.8) is 0 Å². The van der Waals surface area contributed by atoms with Crippen molar-refractivity contribution in [1.29, 1.82) is 0 Å². The molecular formula is C13H24O4. The third kappa shape index (κ3) is 2.05. The summed E-state index contributed by atoms with van der Waals surface area (Å²) in [7, 11) is 0. The van der Waals surface area contributed by atoms with Crippen molar-refractivity contribution < 1.29 is 19.8 Å². The Morgan fingerprint density at radius 1 is 0.941 bits per heavy atom. The summed E-state index contributed by atoms with van der Waals surface area (Å²) >= 11 is 0. The molecule has 0 rings (SSSR count). The molecule has 0 aromatic rings. The number of hydrogen-bond acceptors (Lipinski definition) is 2. The zero-order valence-electron chi connectivity index (χ0n) is 11.4. The van der Waals surface area contributed by atoms with Crippen molar-refractivity contribution in [2.75, 3.05) is 0 Å². The fourth-order valence-electron chi connectivity index (χ4n) is 3.28. The maximum absolute atomic E-state index is 11.7. The molecule has 0 amide bonds. The molecule has 0 heterocycles. The number of carboxylic acids is 2. The number of hydrogen-bond donors (Lipinski definition) is 2. The highest BCUT2D eigenvalue weighted by Crippen LogP contribution is 2.52. The topological polar surface area (TPSA) is 74.6 Å². The van der Waals surface area contributed by atoms with E-state index in [9.17, 15) is 19.8 Å². The third-order valence-electron chi connectivity index (χ3n) is 4.40. The molecule has 0 bridgehead atoms. The van der Waals surface area contributed by atoms with Crippen LogP contribution < -0.4 is 0 Å². The SMILES string of the molecule is CCC(CC)(C(=O)O)C(CC)(C(=O)O)C(C)C. The van der Waals surface area contributed by atoms with Gasteiger partial charge < -0.3 is 10.2 Å². The smallest absolute Gasteiger partial charge is 0.311 e. The summed E-state index contributed by atoms with van der Waals surface area (Å²) in [6, 6.07) is 0. The summed E-state index contributed by atoms with van der Waals surface area (Å²) in [5, 5.41) is 19.1. The van der Waals surface area contributed by atoms with Crippen LogP contribution in [0.3, 0.4) is 0 Å². The highest BCUT2D eigenvalue weighted by molar-refractivity contribution is 5.86. The standard InChI is InChI=1S/C13H24O4/c1-6-12(7-2,10(14)15)13(8-3,9(4)5)11(16)17/h9H,6-8H2,1-5H3,(H,14,15)(H,16,17). The van der Waals surface area contributed by atoms with E-state index in [0.717, 1.165) is 0 Å². The maximum atomic E-state index is 11.7. The summed E-state index contributed by atoms with van der Waals surface area (Å²) in [6.45, 7) is 8.86. The summed E-state index contributed by atoms with van der Waals surface area (Å²) in [4.78, 5) is 23.3. The van der Waals surface area contributed by atoms with Gasteiger partial charge in [-0.05, 0) is 25.2 Å². The molecule has 2 N–H and O–H groups in total. The molecule has 0 aliphatic carbocycles. The summed E-state index contributed by atoms with van der Waals surface area (Å²) in [5.41, 5.74) is -2.40. The van der Waals surface area contributed by atoms with Crippen LogP contribution in [0.5, 0.6) is 0 Å². The molecular weight excluding hydrogens is 220 g/mol. The average Bonchev–Trinajstić information content (AvgIpc) is 2.24. The third-order valence-corrected chi connectivity index (χ3v) is 4.40. The molecule has 4 nitrogen and oxygen atoms in total. The van der Waals surface area contributed by atoms with Crippen molar-refractivity contribution in [2.24, 2.45) is 16.7 Å². The molecule has 0 spiro atoms. The van der Waals surface area contributed by atoms with Crippen LogP contribution >= 0.6 is 0 Å². The number of carbonyl (C=O) groups is 2. The number of carboxylic acid groups (broad SMARTS) is 2. The van der Waals surface area contributed by atoms with Crippen LogP contribution in [0.1, 0.15) is 53.9 Å². The van der Waals surface area contributed by atoms with Gasteiger partial charge in [-0.1, -0.05) is 34.6 Å². The van der Waals surface area contributed by atoms with E-state index in [-0.39, 0.29) is 5.92 Å². The van der Waals surface area contributed by atoms with Gasteiger partial charge in [-0.15, -0.1) is 0 Å². The van der Waals surface area contributed by atoms with Gasteiger partial charge in [0, 0.05) is 0 Å². The van der Waals surface area contributed by atoms with E-state index < -0.39 is 22.8 Å². The lowest BCUT2D eigenvalue weighted by Crippen LogP contribution is -2.54. The average molecular weight is 244 g/mol. The maximum Gasteiger partial charge on any atom is 0.311 e. The van der Waals surface area contributed by atoms with Gasteiger partial charge in [-0.2, -0.15) is 0 Å². The van der Waals surface area contributed by atoms with Crippen LogP contribution in [0, 0.1) is 16.7 Å². The molecule has 1 atom stereocenters. The van der Waals surface area contributed by atoms with Gasteiger partial charge in [0.1, 0.15) is 0 Å². The second-order valence-corrected chi connectivity index (χ2v) is 4.88. The van der Waals surface area contributed by atoms with Gasteiger partial charge in [0.05, 0.1) is 10.8 Å². The Morgan fingerprint density at radius 3 is 1.41 bits per heavy atom. The summed E-state index contributed by atoms with van der Waals surface area (Å²) in [6.07, 6.45) is 0.988. The summed E-state index contributed by atoms with van der Waals surface area (Å²) in [5.74, 6) is -2.22. The number of aliphatic carboxylic acids is 2. The number of rotatable bonds is 7. The highest BCUT2D eigenvalue weighted by Gasteiger charge is 2.59. The van der Waals surface area contributed by atoms with Gasteiger partial charge in [0.15, 0.2) is 0 Å². The Balaban J connectivity index is 6.03. The van der Waals surface area contributed by atoms with Crippen molar-refractivity contribution in [2.45, 2.75) is 53.9 Å². The van der Waals surface area contributed by atoms with Gasteiger partial charge in [0.25, 0.3) is 0 Å². The molecule has 100 valence electrons. The molecule has 0 saturated carbocycles. The van der Waals surface area contributed by atoms with Crippen LogP contribution in [-0.2, 0) is 9.59 Å². The first-order chi connectivity index (χ1) is 7.76. The Bertz CT molecular complexity index is 292. The lowest BCUT2D eigenvalue weighted by atomic mass is 9.54.